The number of nitrogens with one attached hydrogen (secondary N) is 2. The second kappa shape index (κ2) is 10.7. The first-order valence-corrected chi connectivity index (χ1v) is 10.3. The number of nitriles is 1. The van der Waals surface area contributed by atoms with Gasteiger partial charge in [-0.3, -0.25) is 14.5 Å². The van der Waals surface area contributed by atoms with Crippen LogP contribution in [0.1, 0.15) is 5.56 Å². The summed E-state index contributed by atoms with van der Waals surface area (Å²) in [5.74, 6) is -0.745. The van der Waals surface area contributed by atoms with E-state index in [9.17, 15) is 9.59 Å². The van der Waals surface area contributed by atoms with Crippen LogP contribution in [0, 0.1) is 11.3 Å². The summed E-state index contributed by atoms with van der Waals surface area (Å²) in [6.45, 7) is 4.49. The molecule has 1 aliphatic heterocycles. The standard InChI is InChI=1S/C22H24ClN5O3/c1-31-19-6-4-18(5-7-19)28-12-10-27(11-13-28)9-8-25-21(29)22(30)26-20-14-17(23)3-2-16(20)15-24/h2-7,14H,8-13H2,1H3,(H,25,29)(H,26,30). The number of ether oxygens (including phenoxy) is 1. The summed E-state index contributed by atoms with van der Waals surface area (Å²) in [7, 11) is 1.65. The van der Waals surface area contributed by atoms with Crippen LogP contribution >= 0.6 is 11.6 Å². The van der Waals surface area contributed by atoms with Crippen molar-refractivity contribution in [3.8, 4) is 11.8 Å². The van der Waals surface area contributed by atoms with Gasteiger partial charge in [0, 0.05) is 50.0 Å². The van der Waals surface area contributed by atoms with E-state index >= 15 is 0 Å². The minimum atomic E-state index is -0.830. The molecule has 0 aliphatic carbocycles. The fourth-order valence-electron chi connectivity index (χ4n) is 3.33. The van der Waals surface area contributed by atoms with Crippen molar-refractivity contribution in [3.63, 3.8) is 0 Å². The molecule has 2 aromatic rings. The molecular formula is C22H24ClN5O3. The van der Waals surface area contributed by atoms with Crippen molar-refractivity contribution in [2.24, 2.45) is 0 Å². The molecule has 1 aliphatic rings. The van der Waals surface area contributed by atoms with E-state index in [-0.39, 0.29) is 11.3 Å². The van der Waals surface area contributed by atoms with Gasteiger partial charge >= 0.3 is 11.8 Å². The van der Waals surface area contributed by atoms with Crippen LogP contribution in [-0.4, -0.2) is 63.1 Å². The topological polar surface area (TPSA) is 97.7 Å². The SMILES string of the molecule is COc1ccc(N2CCN(CCNC(=O)C(=O)Nc3cc(Cl)ccc3C#N)CC2)cc1. The average molecular weight is 442 g/mol. The van der Waals surface area contributed by atoms with Gasteiger partial charge in [-0.05, 0) is 42.5 Å². The Bertz CT molecular complexity index is 966. The van der Waals surface area contributed by atoms with Gasteiger partial charge < -0.3 is 20.3 Å². The minimum Gasteiger partial charge on any atom is -0.497 e. The maximum Gasteiger partial charge on any atom is 0.313 e. The van der Waals surface area contributed by atoms with Gasteiger partial charge in [-0.25, -0.2) is 0 Å². The molecule has 9 heteroatoms. The Labute approximate surface area is 186 Å². The molecule has 1 fully saturated rings. The summed E-state index contributed by atoms with van der Waals surface area (Å²) in [6, 6.07) is 14.4. The van der Waals surface area contributed by atoms with Crippen LogP contribution in [0.15, 0.2) is 42.5 Å². The smallest absolute Gasteiger partial charge is 0.313 e. The zero-order valence-electron chi connectivity index (χ0n) is 17.2. The lowest BCUT2D eigenvalue weighted by molar-refractivity contribution is -0.136. The van der Waals surface area contributed by atoms with E-state index in [0.717, 1.165) is 37.6 Å². The van der Waals surface area contributed by atoms with Gasteiger partial charge in [-0.1, -0.05) is 11.6 Å². The van der Waals surface area contributed by atoms with E-state index < -0.39 is 11.8 Å². The number of hydrogen-bond acceptors (Lipinski definition) is 6. The van der Waals surface area contributed by atoms with Crippen molar-refractivity contribution in [2.75, 3.05) is 56.6 Å². The van der Waals surface area contributed by atoms with Crippen molar-refractivity contribution >= 4 is 34.8 Å². The molecule has 2 amide bonds. The van der Waals surface area contributed by atoms with Crippen LogP contribution in [0.4, 0.5) is 11.4 Å². The van der Waals surface area contributed by atoms with Gasteiger partial charge in [0.25, 0.3) is 0 Å². The van der Waals surface area contributed by atoms with Crippen molar-refractivity contribution < 1.29 is 14.3 Å². The second-order valence-electron chi connectivity index (χ2n) is 7.04. The van der Waals surface area contributed by atoms with Crippen molar-refractivity contribution in [1.82, 2.24) is 10.2 Å². The van der Waals surface area contributed by atoms with Crippen LogP contribution < -0.4 is 20.3 Å². The van der Waals surface area contributed by atoms with Crippen molar-refractivity contribution in [1.29, 1.82) is 5.26 Å². The molecule has 31 heavy (non-hydrogen) atoms. The summed E-state index contributed by atoms with van der Waals surface area (Å²) in [5, 5.41) is 14.5. The molecule has 3 rings (SSSR count). The highest BCUT2D eigenvalue weighted by Crippen LogP contribution is 2.21. The fraction of sp³-hybridized carbons (Fsp3) is 0.318. The van der Waals surface area contributed by atoms with Gasteiger partial charge in [0.2, 0.25) is 0 Å². The quantitative estimate of drug-likeness (QED) is 0.666. The number of anilines is 2. The lowest BCUT2D eigenvalue weighted by Crippen LogP contribution is -2.49. The van der Waals surface area contributed by atoms with Crippen molar-refractivity contribution in [2.45, 2.75) is 0 Å². The molecule has 0 saturated carbocycles. The Morgan fingerprint density at radius 1 is 1.10 bits per heavy atom. The summed E-state index contributed by atoms with van der Waals surface area (Å²) >= 11 is 5.89. The van der Waals surface area contributed by atoms with Crippen LogP contribution in [0.25, 0.3) is 0 Å². The van der Waals surface area contributed by atoms with Crippen LogP contribution in [0.2, 0.25) is 5.02 Å². The molecule has 0 radical (unpaired) electrons. The van der Waals surface area contributed by atoms with E-state index in [1.54, 1.807) is 13.2 Å². The minimum absolute atomic E-state index is 0.213. The molecule has 2 N–H and O–H groups in total. The second-order valence-corrected chi connectivity index (χ2v) is 7.47. The molecule has 1 saturated heterocycles. The Morgan fingerprint density at radius 3 is 2.45 bits per heavy atom. The molecular weight excluding hydrogens is 418 g/mol. The number of carbonyl (C=O) groups excluding carboxylic acids is 2. The Hall–Kier alpha value is -3.28. The molecule has 8 nitrogen and oxygen atoms in total. The number of hydrogen-bond donors (Lipinski definition) is 2. The number of nitrogens with zero attached hydrogens (tertiary/aromatic N) is 3. The van der Waals surface area contributed by atoms with Gasteiger partial charge in [-0.2, -0.15) is 5.26 Å². The van der Waals surface area contributed by atoms with Crippen LogP contribution in [0.3, 0.4) is 0 Å². The molecule has 0 spiro atoms. The first-order valence-electron chi connectivity index (χ1n) is 9.90. The molecule has 1 heterocycles. The van der Waals surface area contributed by atoms with Crippen LogP contribution in [0.5, 0.6) is 5.75 Å². The maximum atomic E-state index is 12.1. The molecule has 162 valence electrons. The number of piperazine rings is 1. The summed E-state index contributed by atoms with van der Waals surface area (Å²) in [4.78, 5) is 28.7. The number of amides is 2. The summed E-state index contributed by atoms with van der Waals surface area (Å²) in [5.41, 5.74) is 1.60. The molecule has 0 unspecified atom stereocenters. The third-order valence-electron chi connectivity index (χ3n) is 5.08. The number of rotatable bonds is 6. The van der Waals surface area contributed by atoms with Crippen LogP contribution in [-0.2, 0) is 9.59 Å². The number of halogens is 1. The Morgan fingerprint density at radius 2 is 1.81 bits per heavy atom. The van der Waals surface area contributed by atoms with Crippen molar-refractivity contribution in [3.05, 3.63) is 53.1 Å². The van der Waals surface area contributed by atoms with Gasteiger partial charge in [0.05, 0.1) is 18.4 Å². The first-order chi connectivity index (χ1) is 15.0. The summed E-state index contributed by atoms with van der Waals surface area (Å²) < 4.78 is 5.19. The maximum absolute atomic E-state index is 12.1. The lowest BCUT2D eigenvalue weighted by atomic mass is 10.2. The summed E-state index contributed by atoms with van der Waals surface area (Å²) in [6.07, 6.45) is 0. The average Bonchev–Trinajstić information content (AvgIpc) is 2.79. The van der Waals surface area contributed by atoms with E-state index in [4.69, 9.17) is 21.6 Å². The van der Waals surface area contributed by atoms with E-state index in [0.29, 0.717) is 18.1 Å². The fourth-order valence-corrected chi connectivity index (χ4v) is 3.50. The molecule has 2 aromatic carbocycles. The first kappa shape index (κ1) is 22.4. The third kappa shape index (κ3) is 6.10. The largest absolute Gasteiger partial charge is 0.497 e. The van der Waals surface area contributed by atoms with E-state index in [2.05, 4.69) is 20.4 Å². The zero-order chi connectivity index (χ0) is 22.2. The Balaban J connectivity index is 1.40. The highest BCUT2D eigenvalue weighted by Gasteiger charge is 2.19. The Kier molecular flexibility index (Phi) is 7.70. The molecule has 0 aromatic heterocycles. The highest BCUT2D eigenvalue weighted by atomic mass is 35.5. The normalized spacial score (nSPS) is 13.9. The number of carbonyl (C=O) groups is 2. The monoisotopic (exact) mass is 441 g/mol. The lowest BCUT2D eigenvalue weighted by Gasteiger charge is -2.36. The van der Waals surface area contributed by atoms with Gasteiger partial charge in [0.1, 0.15) is 11.8 Å². The third-order valence-corrected chi connectivity index (χ3v) is 5.32. The molecule has 0 atom stereocenters. The van der Waals surface area contributed by atoms with Gasteiger partial charge in [-0.15, -0.1) is 0 Å². The predicted octanol–water partition coefficient (Wildman–Crippen LogP) is 2.10. The van der Waals surface area contributed by atoms with E-state index in [1.807, 2.05) is 30.3 Å². The number of benzene rings is 2. The number of methoxy groups -OCH3 is 1. The predicted molar refractivity (Wildman–Crippen MR) is 119 cm³/mol. The van der Waals surface area contributed by atoms with Gasteiger partial charge in [0.15, 0.2) is 0 Å². The highest BCUT2D eigenvalue weighted by molar-refractivity contribution is 6.40. The molecule has 0 bridgehead atoms. The zero-order valence-corrected chi connectivity index (χ0v) is 18.0. The van der Waals surface area contributed by atoms with E-state index in [1.165, 1.54) is 12.1 Å².